The maximum atomic E-state index is 6.53. The molecule has 3 aromatic rings. The maximum Gasteiger partial charge on any atom is 0.0705 e. The van der Waals surface area contributed by atoms with Crippen molar-refractivity contribution in [3.05, 3.63) is 78.0 Å². The maximum absolute atomic E-state index is 6.53. The first kappa shape index (κ1) is 12.8. The van der Waals surface area contributed by atoms with Crippen LogP contribution in [0.25, 0.3) is 10.9 Å². The van der Waals surface area contributed by atoms with E-state index in [9.17, 15) is 0 Å². The van der Waals surface area contributed by atoms with Crippen LogP contribution in [0.2, 0.25) is 0 Å². The van der Waals surface area contributed by atoms with Gasteiger partial charge in [0.05, 0.1) is 5.52 Å². The van der Waals surface area contributed by atoms with E-state index in [1.54, 1.807) is 0 Å². The first-order valence-corrected chi connectivity index (χ1v) is 6.83. The van der Waals surface area contributed by atoms with Gasteiger partial charge in [-0.15, -0.1) is 0 Å². The Morgan fingerprint density at radius 3 is 2.60 bits per heavy atom. The molecule has 0 aliphatic heterocycles. The molecule has 0 saturated heterocycles. The molecule has 0 fully saturated rings. The number of pyridine rings is 1. The Morgan fingerprint density at radius 2 is 1.80 bits per heavy atom. The molecule has 2 N–H and O–H groups in total. The van der Waals surface area contributed by atoms with Crippen LogP contribution in [0, 0.1) is 0 Å². The summed E-state index contributed by atoms with van der Waals surface area (Å²) in [5, 5.41) is 1.15. The van der Waals surface area contributed by atoms with Crippen LogP contribution in [0.1, 0.15) is 18.1 Å². The van der Waals surface area contributed by atoms with Gasteiger partial charge in [0, 0.05) is 17.1 Å². The molecule has 1 unspecified atom stereocenters. The second-order valence-electron chi connectivity index (χ2n) is 5.49. The van der Waals surface area contributed by atoms with E-state index in [-0.39, 0.29) is 0 Å². The number of aromatic nitrogens is 1. The lowest BCUT2D eigenvalue weighted by Crippen LogP contribution is -2.35. The average Bonchev–Trinajstić information content (AvgIpc) is 2.47. The van der Waals surface area contributed by atoms with E-state index in [0.29, 0.717) is 0 Å². The van der Waals surface area contributed by atoms with Crippen LogP contribution in [-0.4, -0.2) is 4.98 Å². The number of fused-ring (bicyclic) bond motifs is 1. The van der Waals surface area contributed by atoms with E-state index >= 15 is 0 Å². The lowest BCUT2D eigenvalue weighted by Gasteiger charge is -2.25. The molecule has 0 bridgehead atoms. The van der Waals surface area contributed by atoms with E-state index in [1.165, 1.54) is 5.56 Å². The molecule has 0 amide bonds. The minimum Gasteiger partial charge on any atom is -0.321 e. The van der Waals surface area contributed by atoms with Gasteiger partial charge in [-0.05, 0) is 36.6 Å². The Balaban J connectivity index is 1.96. The SMILES string of the molecule is CC(N)(Cc1ccccc1)c1ccc2cccnc2c1. The van der Waals surface area contributed by atoms with Crippen molar-refractivity contribution >= 4 is 10.9 Å². The molecule has 100 valence electrons. The molecule has 2 heteroatoms. The van der Waals surface area contributed by atoms with Crippen molar-refractivity contribution in [2.45, 2.75) is 18.9 Å². The summed E-state index contributed by atoms with van der Waals surface area (Å²) in [7, 11) is 0. The van der Waals surface area contributed by atoms with E-state index in [2.05, 4.69) is 48.3 Å². The monoisotopic (exact) mass is 262 g/mol. The van der Waals surface area contributed by atoms with Gasteiger partial charge in [0.2, 0.25) is 0 Å². The van der Waals surface area contributed by atoms with Gasteiger partial charge in [0.15, 0.2) is 0 Å². The van der Waals surface area contributed by atoms with Gasteiger partial charge >= 0.3 is 0 Å². The fourth-order valence-corrected chi connectivity index (χ4v) is 2.54. The van der Waals surface area contributed by atoms with Crippen molar-refractivity contribution in [2.24, 2.45) is 5.73 Å². The standard InChI is InChI=1S/C18H18N2/c1-18(19,13-14-6-3-2-4-7-14)16-10-9-15-8-5-11-20-17(15)12-16/h2-12H,13,19H2,1H3. The van der Waals surface area contributed by atoms with Crippen LogP contribution in [0.3, 0.4) is 0 Å². The Hall–Kier alpha value is -2.19. The summed E-state index contributed by atoms with van der Waals surface area (Å²) in [5.41, 5.74) is 9.50. The highest BCUT2D eigenvalue weighted by Crippen LogP contribution is 2.25. The number of hydrogen-bond donors (Lipinski definition) is 1. The van der Waals surface area contributed by atoms with Crippen molar-refractivity contribution < 1.29 is 0 Å². The van der Waals surface area contributed by atoms with E-state index in [0.717, 1.165) is 22.9 Å². The zero-order chi connectivity index (χ0) is 14.0. The first-order valence-electron chi connectivity index (χ1n) is 6.83. The predicted octanol–water partition coefficient (Wildman–Crippen LogP) is 3.65. The molecule has 1 atom stereocenters. The lowest BCUT2D eigenvalue weighted by atomic mass is 9.86. The number of hydrogen-bond acceptors (Lipinski definition) is 2. The largest absolute Gasteiger partial charge is 0.321 e. The second kappa shape index (κ2) is 5.06. The van der Waals surface area contributed by atoms with E-state index in [1.807, 2.05) is 30.5 Å². The summed E-state index contributed by atoms with van der Waals surface area (Å²) >= 11 is 0. The van der Waals surface area contributed by atoms with Crippen molar-refractivity contribution in [3.63, 3.8) is 0 Å². The van der Waals surface area contributed by atoms with Crippen LogP contribution >= 0.6 is 0 Å². The van der Waals surface area contributed by atoms with E-state index in [4.69, 9.17) is 5.73 Å². The molecule has 1 heterocycles. The number of nitrogens with two attached hydrogens (primary N) is 1. The zero-order valence-electron chi connectivity index (χ0n) is 11.6. The Morgan fingerprint density at radius 1 is 1.00 bits per heavy atom. The molecule has 0 saturated carbocycles. The quantitative estimate of drug-likeness (QED) is 0.782. The van der Waals surface area contributed by atoms with Crippen LogP contribution in [0.15, 0.2) is 66.9 Å². The number of rotatable bonds is 3. The van der Waals surface area contributed by atoms with Gasteiger partial charge in [0.1, 0.15) is 0 Å². The third-order valence-corrected chi connectivity index (χ3v) is 3.68. The fourth-order valence-electron chi connectivity index (χ4n) is 2.54. The van der Waals surface area contributed by atoms with Gasteiger partial charge in [-0.25, -0.2) is 0 Å². The van der Waals surface area contributed by atoms with Crippen molar-refractivity contribution in [1.82, 2.24) is 4.98 Å². The van der Waals surface area contributed by atoms with Gasteiger partial charge in [-0.3, -0.25) is 4.98 Å². The first-order chi connectivity index (χ1) is 9.65. The molecular formula is C18H18N2. The molecule has 1 aromatic heterocycles. The van der Waals surface area contributed by atoms with Gasteiger partial charge in [-0.1, -0.05) is 48.5 Å². The third-order valence-electron chi connectivity index (χ3n) is 3.68. The van der Waals surface area contributed by atoms with Gasteiger partial charge in [-0.2, -0.15) is 0 Å². The zero-order valence-corrected chi connectivity index (χ0v) is 11.6. The number of benzene rings is 2. The normalized spacial score (nSPS) is 14.1. The smallest absolute Gasteiger partial charge is 0.0705 e. The summed E-state index contributed by atoms with van der Waals surface area (Å²) in [6.07, 6.45) is 2.63. The summed E-state index contributed by atoms with van der Waals surface area (Å²) in [6, 6.07) is 20.7. The summed E-state index contributed by atoms with van der Waals surface area (Å²) in [6.45, 7) is 2.07. The molecule has 2 aromatic carbocycles. The summed E-state index contributed by atoms with van der Waals surface area (Å²) in [4.78, 5) is 4.41. The molecule has 0 aliphatic rings. The third kappa shape index (κ3) is 2.56. The minimum atomic E-state index is -0.396. The minimum absolute atomic E-state index is 0.396. The summed E-state index contributed by atoms with van der Waals surface area (Å²) < 4.78 is 0. The lowest BCUT2D eigenvalue weighted by molar-refractivity contribution is 0.492. The molecular weight excluding hydrogens is 244 g/mol. The Bertz CT molecular complexity index is 718. The fraction of sp³-hybridized carbons (Fsp3) is 0.167. The highest BCUT2D eigenvalue weighted by molar-refractivity contribution is 5.79. The molecule has 0 aliphatic carbocycles. The number of nitrogens with zero attached hydrogens (tertiary/aromatic N) is 1. The van der Waals surface area contributed by atoms with Crippen LogP contribution in [0.4, 0.5) is 0 Å². The molecule has 20 heavy (non-hydrogen) atoms. The van der Waals surface area contributed by atoms with Gasteiger partial charge in [0.25, 0.3) is 0 Å². The molecule has 0 radical (unpaired) electrons. The average molecular weight is 262 g/mol. The van der Waals surface area contributed by atoms with Crippen molar-refractivity contribution in [3.8, 4) is 0 Å². The molecule has 2 nitrogen and oxygen atoms in total. The molecule has 3 rings (SSSR count). The second-order valence-corrected chi connectivity index (χ2v) is 5.49. The van der Waals surface area contributed by atoms with Crippen LogP contribution in [0.5, 0.6) is 0 Å². The van der Waals surface area contributed by atoms with E-state index < -0.39 is 5.54 Å². The van der Waals surface area contributed by atoms with Crippen molar-refractivity contribution in [1.29, 1.82) is 0 Å². The Kier molecular flexibility index (Phi) is 3.25. The topological polar surface area (TPSA) is 38.9 Å². The van der Waals surface area contributed by atoms with Gasteiger partial charge < -0.3 is 5.73 Å². The van der Waals surface area contributed by atoms with Crippen LogP contribution in [-0.2, 0) is 12.0 Å². The highest BCUT2D eigenvalue weighted by atomic mass is 14.7. The molecule has 0 spiro atoms. The Labute approximate surface area is 119 Å². The summed E-state index contributed by atoms with van der Waals surface area (Å²) in [5.74, 6) is 0. The highest BCUT2D eigenvalue weighted by Gasteiger charge is 2.22. The van der Waals surface area contributed by atoms with Crippen molar-refractivity contribution in [2.75, 3.05) is 0 Å². The van der Waals surface area contributed by atoms with Crippen LogP contribution < -0.4 is 5.73 Å². The predicted molar refractivity (Wildman–Crippen MR) is 83.4 cm³/mol.